The molecule has 0 aliphatic carbocycles. The minimum atomic E-state index is -4.57. The van der Waals surface area contributed by atoms with Crippen LogP contribution in [0.2, 0.25) is 0 Å². The van der Waals surface area contributed by atoms with E-state index in [1.165, 1.54) is 6.20 Å². The van der Waals surface area contributed by atoms with Crippen molar-refractivity contribution < 1.29 is 18.0 Å². The average molecular weight is 378 g/mol. The molecule has 8 heteroatoms. The van der Waals surface area contributed by atoms with Crippen molar-refractivity contribution in [1.82, 2.24) is 9.97 Å². The van der Waals surface area contributed by atoms with Crippen molar-refractivity contribution in [2.45, 2.75) is 38.8 Å². The molecule has 27 heavy (non-hydrogen) atoms. The lowest BCUT2D eigenvalue weighted by Gasteiger charge is -2.24. The highest BCUT2D eigenvalue weighted by atomic mass is 19.4. The second-order valence-electron chi connectivity index (χ2n) is 6.70. The fourth-order valence-electron chi connectivity index (χ4n) is 3.14. The number of nitrogens with zero attached hydrogens (tertiary/aromatic N) is 3. The topological polar surface area (TPSA) is 58.1 Å². The van der Waals surface area contributed by atoms with Gasteiger partial charge in [0.05, 0.1) is 23.0 Å². The van der Waals surface area contributed by atoms with Gasteiger partial charge in [0.2, 0.25) is 0 Å². The number of nitrogens with one attached hydrogen (secondary N) is 1. The molecule has 1 aliphatic heterocycles. The molecule has 1 amide bonds. The summed E-state index contributed by atoms with van der Waals surface area (Å²) in [7, 11) is 0. The summed E-state index contributed by atoms with van der Waals surface area (Å²) in [5.41, 5.74) is 0.253. The second-order valence-corrected chi connectivity index (χ2v) is 6.70. The smallest absolute Gasteiger partial charge is 0.356 e. The maximum Gasteiger partial charge on any atom is 0.417 e. The Balaban J connectivity index is 1.97. The van der Waals surface area contributed by atoms with E-state index in [1.54, 1.807) is 12.3 Å². The molecule has 1 N–H and O–H groups in total. The Bertz CT molecular complexity index is 815. The summed E-state index contributed by atoms with van der Waals surface area (Å²) < 4.78 is 39.5. The van der Waals surface area contributed by atoms with E-state index in [4.69, 9.17) is 0 Å². The SMILES string of the molecule is Cc1cncc(NC(=O)c2cc(C(F)(F)F)cnc2N2CCCCCC2)c1. The molecule has 0 spiro atoms. The van der Waals surface area contributed by atoms with Crippen molar-refractivity contribution >= 4 is 17.4 Å². The molecule has 0 saturated carbocycles. The van der Waals surface area contributed by atoms with Crippen molar-refractivity contribution in [3.05, 3.63) is 47.4 Å². The lowest BCUT2D eigenvalue weighted by Crippen LogP contribution is -2.28. The molecular weight excluding hydrogens is 357 g/mol. The highest BCUT2D eigenvalue weighted by Crippen LogP contribution is 2.32. The van der Waals surface area contributed by atoms with E-state index in [0.29, 0.717) is 24.6 Å². The maximum atomic E-state index is 13.2. The van der Waals surface area contributed by atoms with E-state index in [0.717, 1.165) is 43.5 Å². The van der Waals surface area contributed by atoms with Crippen LogP contribution in [0.1, 0.15) is 47.2 Å². The van der Waals surface area contributed by atoms with E-state index in [9.17, 15) is 18.0 Å². The number of pyridine rings is 2. The van der Waals surface area contributed by atoms with Crippen LogP contribution in [0.3, 0.4) is 0 Å². The molecule has 2 aromatic heterocycles. The number of aromatic nitrogens is 2. The van der Waals surface area contributed by atoms with Crippen LogP contribution in [0.15, 0.2) is 30.7 Å². The number of hydrogen-bond donors (Lipinski definition) is 1. The molecule has 0 radical (unpaired) electrons. The third-order valence-electron chi connectivity index (χ3n) is 4.48. The third-order valence-corrected chi connectivity index (χ3v) is 4.48. The molecule has 3 heterocycles. The predicted molar refractivity (Wildman–Crippen MR) is 96.8 cm³/mol. The number of carbonyl (C=O) groups excluding carboxylic acids is 1. The maximum absolute atomic E-state index is 13.2. The number of anilines is 2. The summed E-state index contributed by atoms with van der Waals surface area (Å²) in [4.78, 5) is 22.7. The number of hydrogen-bond acceptors (Lipinski definition) is 4. The Morgan fingerprint density at radius 2 is 1.78 bits per heavy atom. The van der Waals surface area contributed by atoms with Crippen molar-refractivity contribution in [3.8, 4) is 0 Å². The molecule has 144 valence electrons. The Morgan fingerprint density at radius 3 is 2.41 bits per heavy atom. The van der Waals surface area contributed by atoms with E-state index in [1.807, 2.05) is 11.8 Å². The molecule has 1 aliphatic rings. The molecule has 1 saturated heterocycles. The van der Waals surface area contributed by atoms with Crippen molar-refractivity contribution in [2.75, 3.05) is 23.3 Å². The van der Waals surface area contributed by atoms with Gasteiger partial charge in [-0.2, -0.15) is 13.2 Å². The first-order chi connectivity index (χ1) is 12.8. The number of alkyl halides is 3. The minimum absolute atomic E-state index is 0.0757. The van der Waals surface area contributed by atoms with Gasteiger partial charge >= 0.3 is 6.18 Å². The molecule has 0 aromatic carbocycles. The molecule has 5 nitrogen and oxygen atoms in total. The lowest BCUT2D eigenvalue weighted by molar-refractivity contribution is -0.137. The quantitative estimate of drug-likeness (QED) is 0.858. The Hall–Kier alpha value is -2.64. The molecule has 0 atom stereocenters. The van der Waals surface area contributed by atoms with Crippen molar-refractivity contribution in [1.29, 1.82) is 0 Å². The Kier molecular flexibility index (Phi) is 5.62. The zero-order valence-electron chi connectivity index (χ0n) is 15.0. The first-order valence-corrected chi connectivity index (χ1v) is 8.90. The average Bonchev–Trinajstić information content (AvgIpc) is 2.89. The molecule has 2 aromatic rings. The lowest BCUT2D eigenvalue weighted by atomic mass is 10.1. The van der Waals surface area contributed by atoms with Gasteiger partial charge in [0.15, 0.2) is 0 Å². The molecule has 3 rings (SSSR count). The summed E-state index contributed by atoms with van der Waals surface area (Å²) in [6.45, 7) is 3.16. The first kappa shape index (κ1) is 19.1. The van der Waals surface area contributed by atoms with E-state index in [-0.39, 0.29) is 5.56 Å². The van der Waals surface area contributed by atoms with Gasteiger partial charge in [0.25, 0.3) is 5.91 Å². The van der Waals surface area contributed by atoms with Crippen molar-refractivity contribution in [2.24, 2.45) is 0 Å². The second kappa shape index (κ2) is 7.94. The monoisotopic (exact) mass is 378 g/mol. The van der Waals surface area contributed by atoms with E-state index < -0.39 is 17.6 Å². The highest BCUT2D eigenvalue weighted by molar-refractivity contribution is 6.07. The normalized spacial score (nSPS) is 15.3. The number of aryl methyl sites for hydroxylation is 1. The summed E-state index contributed by atoms with van der Waals surface area (Å²) in [5, 5.41) is 2.64. The van der Waals surface area contributed by atoms with Crippen LogP contribution in [-0.4, -0.2) is 29.0 Å². The molecule has 1 fully saturated rings. The van der Waals surface area contributed by atoms with Gasteiger partial charge < -0.3 is 10.2 Å². The minimum Gasteiger partial charge on any atom is -0.356 e. The van der Waals surface area contributed by atoms with Gasteiger partial charge in [-0.05, 0) is 37.5 Å². The predicted octanol–water partition coefficient (Wildman–Crippen LogP) is 4.44. The summed E-state index contributed by atoms with van der Waals surface area (Å²) >= 11 is 0. The van der Waals surface area contributed by atoms with E-state index in [2.05, 4.69) is 15.3 Å². The largest absolute Gasteiger partial charge is 0.417 e. The standard InChI is InChI=1S/C19H21F3N4O/c1-13-8-15(12-23-10-13)25-18(27)16-9-14(19(20,21)22)11-24-17(16)26-6-4-2-3-5-7-26/h8-12H,2-7H2,1H3,(H,25,27). The van der Waals surface area contributed by atoms with Crippen LogP contribution in [-0.2, 0) is 6.18 Å². The zero-order chi connectivity index (χ0) is 19.4. The fourth-order valence-corrected chi connectivity index (χ4v) is 3.14. The van der Waals surface area contributed by atoms with Gasteiger partial charge in [0.1, 0.15) is 5.82 Å². The fraction of sp³-hybridized carbons (Fsp3) is 0.421. The van der Waals surface area contributed by atoms with Gasteiger partial charge in [-0.1, -0.05) is 12.8 Å². The van der Waals surface area contributed by atoms with Crippen LogP contribution >= 0.6 is 0 Å². The summed E-state index contributed by atoms with van der Waals surface area (Å²) in [6.07, 6.45) is 3.29. The van der Waals surface area contributed by atoms with Crippen LogP contribution in [0.4, 0.5) is 24.7 Å². The zero-order valence-corrected chi connectivity index (χ0v) is 15.0. The molecule has 0 bridgehead atoms. The molecule has 0 unspecified atom stereocenters. The number of rotatable bonds is 3. The van der Waals surface area contributed by atoms with E-state index >= 15 is 0 Å². The van der Waals surface area contributed by atoms with Gasteiger partial charge in [-0.25, -0.2) is 4.98 Å². The molecular formula is C19H21F3N4O. The third kappa shape index (κ3) is 4.75. The van der Waals surface area contributed by atoms with Gasteiger partial charge in [-0.15, -0.1) is 0 Å². The van der Waals surface area contributed by atoms with Crippen LogP contribution < -0.4 is 10.2 Å². The Morgan fingerprint density at radius 1 is 1.07 bits per heavy atom. The summed E-state index contributed by atoms with van der Waals surface area (Å²) in [5.74, 6) is -0.330. The van der Waals surface area contributed by atoms with Gasteiger partial charge in [0, 0.05) is 25.5 Å². The van der Waals surface area contributed by atoms with Crippen LogP contribution in [0.5, 0.6) is 0 Å². The van der Waals surface area contributed by atoms with Crippen LogP contribution in [0.25, 0.3) is 0 Å². The number of carbonyl (C=O) groups is 1. The first-order valence-electron chi connectivity index (χ1n) is 8.90. The summed E-state index contributed by atoms with van der Waals surface area (Å²) in [6, 6.07) is 2.59. The number of halogens is 3. The number of amides is 1. The van der Waals surface area contributed by atoms with Crippen LogP contribution in [0, 0.1) is 6.92 Å². The van der Waals surface area contributed by atoms with Crippen molar-refractivity contribution in [3.63, 3.8) is 0 Å². The van der Waals surface area contributed by atoms with Gasteiger partial charge in [-0.3, -0.25) is 9.78 Å². The Labute approximate surface area is 155 Å². The highest BCUT2D eigenvalue weighted by Gasteiger charge is 2.33.